The predicted molar refractivity (Wildman–Crippen MR) is 63.3 cm³/mol. The van der Waals surface area contributed by atoms with Gasteiger partial charge in [-0.05, 0) is 19.1 Å². The van der Waals surface area contributed by atoms with Crippen LogP contribution < -0.4 is 0 Å². The maximum absolute atomic E-state index is 12.4. The van der Waals surface area contributed by atoms with Crippen molar-refractivity contribution in [2.45, 2.75) is 13.1 Å². The molecule has 0 aliphatic heterocycles. The fourth-order valence-corrected chi connectivity index (χ4v) is 1.12. The second kappa shape index (κ2) is 6.69. The molecule has 0 aliphatic rings. The van der Waals surface area contributed by atoms with Crippen LogP contribution in [-0.2, 0) is 9.53 Å². The minimum absolute atomic E-state index is 0.158. The molecule has 108 valence electrons. The molecule has 0 radical (unpaired) electrons. The van der Waals surface area contributed by atoms with Crippen LogP contribution in [0.15, 0.2) is 52.0 Å². The largest absolute Gasteiger partial charge is 0.502 e. The van der Waals surface area contributed by atoms with Crippen LogP contribution in [0.5, 0.6) is 0 Å². The van der Waals surface area contributed by atoms with E-state index in [0.29, 0.717) is 0 Å². The topological polar surface area (TPSA) is 71.2 Å². The van der Waals surface area contributed by atoms with Gasteiger partial charge < -0.3 is 9.84 Å². The Morgan fingerprint density at radius 2 is 1.90 bits per heavy atom. The number of rotatable bonds is 4. The summed E-state index contributed by atoms with van der Waals surface area (Å²) in [6.07, 6.45) is -5.11. The first kappa shape index (κ1) is 15.7. The van der Waals surface area contributed by atoms with Gasteiger partial charge in [-0.2, -0.15) is 18.3 Å². The Bertz CT molecular complexity index is 524. The highest BCUT2D eigenvalue weighted by atomic mass is 19.4. The summed E-state index contributed by atoms with van der Waals surface area (Å²) in [7, 11) is 0. The van der Waals surface area contributed by atoms with Crippen molar-refractivity contribution in [2.75, 3.05) is 6.61 Å². The average Bonchev–Trinajstić information content (AvgIpc) is 2.39. The molecule has 1 aromatic carbocycles. The van der Waals surface area contributed by atoms with Crippen LogP contribution in [0, 0.1) is 0 Å². The zero-order valence-corrected chi connectivity index (χ0v) is 10.4. The Morgan fingerprint density at radius 3 is 2.40 bits per heavy atom. The van der Waals surface area contributed by atoms with Gasteiger partial charge in [0.2, 0.25) is 11.5 Å². The van der Waals surface area contributed by atoms with Gasteiger partial charge in [-0.15, -0.1) is 5.11 Å². The van der Waals surface area contributed by atoms with Crippen molar-refractivity contribution in [1.82, 2.24) is 0 Å². The third-order valence-electron chi connectivity index (χ3n) is 1.98. The fraction of sp³-hybridized carbons (Fsp3) is 0.250. The van der Waals surface area contributed by atoms with E-state index in [0.717, 1.165) is 0 Å². The molecule has 0 aromatic heterocycles. The van der Waals surface area contributed by atoms with Crippen molar-refractivity contribution in [1.29, 1.82) is 0 Å². The summed E-state index contributed by atoms with van der Waals surface area (Å²) in [5.41, 5.74) is -1.06. The van der Waals surface area contributed by atoms with Gasteiger partial charge in [-0.1, -0.05) is 18.2 Å². The van der Waals surface area contributed by atoms with Crippen molar-refractivity contribution in [2.24, 2.45) is 10.2 Å². The van der Waals surface area contributed by atoms with Gasteiger partial charge in [0.1, 0.15) is 0 Å². The summed E-state index contributed by atoms with van der Waals surface area (Å²) in [6.45, 7) is 1.25. The molecule has 0 unspecified atom stereocenters. The smallest absolute Gasteiger partial charge is 0.451 e. The summed E-state index contributed by atoms with van der Waals surface area (Å²) in [4.78, 5) is 11.4. The van der Waals surface area contributed by atoms with E-state index in [1.54, 1.807) is 18.2 Å². The van der Waals surface area contributed by atoms with E-state index in [2.05, 4.69) is 15.0 Å². The summed E-state index contributed by atoms with van der Waals surface area (Å²) in [5, 5.41) is 15.6. The molecule has 0 saturated carbocycles. The van der Waals surface area contributed by atoms with Crippen LogP contribution in [0.1, 0.15) is 6.92 Å². The number of aliphatic hydroxyl groups is 1. The molecule has 0 fully saturated rings. The summed E-state index contributed by atoms with van der Waals surface area (Å²) >= 11 is 0. The van der Waals surface area contributed by atoms with Crippen molar-refractivity contribution < 1.29 is 27.8 Å². The monoisotopic (exact) mass is 288 g/mol. The number of alkyl halides is 3. The number of esters is 1. The van der Waals surface area contributed by atoms with E-state index in [4.69, 9.17) is 5.11 Å². The van der Waals surface area contributed by atoms with Crippen LogP contribution in [0.25, 0.3) is 0 Å². The van der Waals surface area contributed by atoms with Crippen LogP contribution in [0.2, 0.25) is 0 Å². The maximum atomic E-state index is 12.4. The molecule has 1 rings (SSSR count). The van der Waals surface area contributed by atoms with Crippen LogP contribution >= 0.6 is 0 Å². The molecule has 0 atom stereocenters. The molecule has 0 aliphatic carbocycles. The van der Waals surface area contributed by atoms with Crippen molar-refractivity contribution in [3.8, 4) is 0 Å². The fourth-order valence-electron chi connectivity index (χ4n) is 1.12. The molecule has 0 bridgehead atoms. The Balaban J connectivity index is 3.13. The Kier molecular flexibility index (Phi) is 5.24. The van der Waals surface area contributed by atoms with Gasteiger partial charge in [-0.3, -0.25) is 0 Å². The molecule has 1 N–H and O–H groups in total. The molecular formula is C12H11F3N2O3. The number of aliphatic hydroxyl groups excluding tert-OH is 1. The van der Waals surface area contributed by atoms with E-state index in [9.17, 15) is 18.0 Å². The predicted octanol–water partition coefficient (Wildman–Crippen LogP) is 3.67. The number of hydrogen-bond donors (Lipinski definition) is 1. The molecule has 5 nitrogen and oxygen atoms in total. The molecular weight excluding hydrogens is 277 g/mol. The second-order valence-corrected chi connectivity index (χ2v) is 3.45. The van der Waals surface area contributed by atoms with Crippen molar-refractivity contribution in [3.05, 3.63) is 41.8 Å². The molecule has 0 spiro atoms. The average molecular weight is 288 g/mol. The number of nitrogens with zero attached hydrogens (tertiary/aromatic N) is 2. The molecule has 0 heterocycles. The lowest BCUT2D eigenvalue weighted by Crippen LogP contribution is -2.18. The van der Waals surface area contributed by atoms with Crippen molar-refractivity contribution >= 4 is 11.7 Å². The van der Waals surface area contributed by atoms with Gasteiger partial charge in [0, 0.05) is 0 Å². The lowest BCUT2D eigenvalue weighted by atomic mass is 10.3. The normalized spacial score (nSPS) is 13.2. The SMILES string of the molecule is CCOC(=O)C(N=Nc1ccccc1)=C(O)C(F)(F)F. The first-order valence-corrected chi connectivity index (χ1v) is 5.50. The highest BCUT2D eigenvalue weighted by Gasteiger charge is 2.39. The highest BCUT2D eigenvalue weighted by molar-refractivity contribution is 5.88. The highest BCUT2D eigenvalue weighted by Crippen LogP contribution is 2.27. The summed E-state index contributed by atoms with van der Waals surface area (Å²) in [6, 6.07) is 7.79. The summed E-state index contributed by atoms with van der Waals surface area (Å²) < 4.78 is 41.6. The maximum Gasteiger partial charge on any atom is 0.451 e. The number of ether oxygens (including phenoxy) is 1. The molecule has 20 heavy (non-hydrogen) atoms. The quantitative estimate of drug-likeness (QED) is 0.397. The molecule has 1 aromatic rings. The second-order valence-electron chi connectivity index (χ2n) is 3.45. The van der Waals surface area contributed by atoms with Gasteiger partial charge in [0.15, 0.2) is 0 Å². The van der Waals surface area contributed by atoms with E-state index in [1.807, 2.05) is 0 Å². The van der Waals surface area contributed by atoms with Gasteiger partial charge in [-0.25, -0.2) is 4.79 Å². The minimum Gasteiger partial charge on any atom is -0.502 e. The number of carbonyl (C=O) groups excluding carboxylic acids is 1. The third kappa shape index (κ3) is 4.38. The Hall–Kier alpha value is -2.38. The van der Waals surface area contributed by atoms with E-state index >= 15 is 0 Å². The number of allylic oxidation sites excluding steroid dienone is 1. The number of benzene rings is 1. The first-order chi connectivity index (χ1) is 9.36. The number of azo groups is 1. The zero-order chi connectivity index (χ0) is 15.2. The van der Waals surface area contributed by atoms with Gasteiger partial charge >= 0.3 is 12.1 Å². The van der Waals surface area contributed by atoms with Crippen LogP contribution in [0.4, 0.5) is 18.9 Å². The lowest BCUT2D eigenvalue weighted by molar-refractivity contribution is -0.143. The van der Waals surface area contributed by atoms with Crippen LogP contribution in [0.3, 0.4) is 0 Å². The molecule has 0 amide bonds. The lowest BCUT2D eigenvalue weighted by Gasteiger charge is -2.08. The molecule has 8 heteroatoms. The van der Waals surface area contributed by atoms with E-state index < -0.39 is 23.6 Å². The number of carbonyl (C=O) groups is 1. The third-order valence-corrected chi connectivity index (χ3v) is 1.98. The zero-order valence-electron chi connectivity index (χ0n) is 10.4. The Labute approximate surface area is 112 Å². The van der Waals surface area contributed by atoms with Gasteiger partial charge in [0.25, 0.3) is 0 Å². The molecule has 0 saturated heterocycles. The van der Waals surface area contributed by atoms with Gasteiger partial charge in [0.05, 0.1) is 12.3 Å². The van der Waals surface area contributed by atoms with E-state index in [-0.39, 0.29) is 12.3 Å². The minimum atomic E-state index is -5.11. The number of halogens is 3. The first-order valence-electron chi connectivity index (χ1n) is 5.50. The summed E-state index contributed by atoms with van der Waals surface area (Å²) in [5.74, 6) is -3.54. The number of hydrogen-bond acceptors (Lipinski definition) is 5. The Morgan fingerprint density at radius 1 is 1.30 bits per heavy atom. The van der Waals surface area contributed by atoms with Crippen LogP contribution in [-0.4, -0.2) is 23.9 Å². The van der Waals surface area contributed by atoms with Crippen molar-refractivity contribution in [3.63, 3.8) is 0 Å². The standard InChI is InChI=1S/C12H11F3N2O3/c1-2-20-11(19)9(10(18)12(13,14)15)17-16-8-6-4-3-5-7-8/h3-7,18H,2H2,1H3. The van der Waals surface area contributed by atoms with E-state index in [1.165, 1.54) is 19.1 Å².